The highest BCUT2D eigenvalue weighted by Crippen LogP contribution is 2.39. The molecule has 0 unspecified atom stereocenters. The van der Waals surface area contributed by atoms with Crippen LogP contribution in [0.2, 0.25) is 0 Å². The fourth-order valence-electron chi connectivity index (χ4n) is 2.89. The Labute approximate surface area is 173 Å². The van der Waals surface area contributed by atoms with E-state index in [0.29, 0.717) is 11.4 Å². The Morgan fingerprint density at radius 1 is 1.07 bits per heavy atom. The Morgan fingerprint density at radius 2 is 1.83 bits per heavy atom. The lowest BCUT2D eigenvalue weighted by Gasteiger charge is -2.15. The van der Waals surface area contributed by atoms with E-state index in [2.05, 4.69) is 15.1 Å². The van der Waals surface area contributed by atoms with Gasteiger partial charge in [-0.2, -0.15) is 5.10 Å². The minimum Gasteiger partial charge on any atom is -0.493 e. The first-order valence-electron chi connectivity index (χ1n) is 8.89. The summed E-state index contributed by atoms with van der Waals surface area (Å²) >= 11 is 0. The third-order valence-electron chi connectivity index (χ3n) is 4.28. The zero-order valence-electron chi connectivity index (χ0n) is 16.7. The lowest BCUT2D eigenvalue weighted by molar-refractivity contribution is 0.0952. The summed E-state index contributed by atoms with van der Waals surface area (Å²) in [6.45, 7) is -0.0966. The van der Waals surface area contributed by atoms with Gasteiger partial charge in [0.1, 0.15) is 0 Å². The van der Waals surface area contributed by atoms with E-state index in [-0.39, 0.29) is 29.4 Å². The van der Waals surface area contributed by atoms with Crippen molar-refractivity contribution in [1.29, 1.82) is 0 Å². The van der Waals surface area contributed by atoms with Crippen LogP contribution in [0.25, 0.3) is 5.52 Å². The van der Waals surface area contributed by atoms with Crippen LogP contribution in [0.3, 0.4) is 0 Å². The van der Waals surface area contributed by atoms with Crippen molar-refractivity contribution in [2.75, 3.05) is 38.3 Å². The number of hydrogen-bond donors (Lipinski definition) is 2. The zero-order valence-corrected chi connectivity index (χ0v) is 17.5. The smallest absolute Gasteiger partial charge is 0.255 e. The molecule has 2 N–H and O–H groups in total. The average molecular weight is 434 g/mol. The summed E-state index contributed by atoms with van der Waals surface area (Å²) in [7, 11) is 0.633. The second-order valence-electron chi connectivity index (χ2n) is 6.17. The number of amides is 1. The number of fused-ring (bicyclic) bond motifs is 1. The van der Waals surface area contributed by atoms with Crippen LogP contribution in [0.5, 0.6) is 17.2 Å². The lowest BCUT2D eigenvalue weighted by atomic mass is 10.1. The van der Waals surface area contributed by atoms with Crippen LogP contribution in [0.1, 0.15) is 10.4 Å². The van der Waals surface area contributed by atoms with Gasteiger partial charge in [-0.1, -0.05) is 0 Å². The summed E-state index contributed by atoms with van der Waals surface area (Å²) in [5, 5.41) is 6.64. The molecular formula is C19H22N4O6S. The molecule has 2 heterocycles. The predicted molar refractivity (Wildman–Crippen MR) is 111 cm³/mol. The third-order valence-corrected chi connectivity index (χ3v) is 5.57. The highest BCUT2D eigenvalue weighted by atomic mass is 32.2. The number of anilines is 1. The van der Waals surface area contributed by atoms with Crippen LogP contribution in [0.4, 0.5) is 5.69 Å². The second kappa shape index (κ2) is 8.91. The topological polar surface area (TPSA) is 120 Å². The maximum Gasteiger partial charge on any atom is 0.255 e. The van der Waals surface area contributed by atoms with Crippen LogP contribution in [0.15, 0.2) is 42.7 Å². The largest absolute Gasteiger partial charge is 0.493 e. The number of nitrogens with one attached hydrogen (secondary N) is 2. The van der Waals surface area contributed by atoms with Crippen molar-refractivity contribution < 1.29 is 27.4 Å². The molecule has 0 saturated heterocycles. The number of carbonyl (C=O) groups excluding carboxylic acids is 1. The van der Waals surface area contributed by atoms with Crippen LogP contribution in [-0.2, 0) is 10.0 Å². The van der Waals surface area contributed by atoms with E-state index < -0.39 is 15.9 Å². The monoisotopic (exact) mass is 434 g/mol. The number of hydrogen-bond acceptors (Lipinski definition) is 7. The van der Waals surface area contributed by atoms with Gasteiger partial charge in [0.2, 0.25) is 15.8 Å². The summed E-state index contributed by atoms with van der Waals surface area (Å²) in [6.07, 6.45) is 3.27. The van der Waals surface area contributed by atoms with Crippen LogP contribution in [0, 0.1) is 0 Å². The van der Waals surface area contributed by atoms with Crippen molar-refractivity contribution in [2.45, 2.75) is 0 Å². The molecule has 30 heavy (non-hydrogen) atoms. The molecule has 11 heteroatoms. The Hall–Kier alpha value is -3.47. The summed E-state index contributed by atoms with van der Waals surface area (Å²) in [6, 6.07) is 8.11. The number of aromatic nitrogens is 2. The minimum atomic E-state index is -3.67. The molecule has 3 aromatic rings. The normalized spacial score (nSPS) is 11.2. The van der Waals surface area contributed by atoms with Crippen molar-refractivity contribution >= 4 is 27.1 Å². The Kier molecular flexibility index (Phi) is 6.31. The first kappa shape index (κ1) is 21.2. The summed E-state index contributed by atoms with van der Waals surface area (Å²) in [5.41, 5.74) is 1.37. The van der Waals surface area contributed by atoms with E-state index in [4.69, 9.17) is 14.2 Å². The average Bonchev–Trinajstić information content (AvgIpc) is 3.19. The number of nitrogens with zero attached hydrogens (tertiary/aromatic N) is 2. The second-order valence-corrected chi connectivity index (χ2v) is 8.02. The molecule has 0 aliphatic carbocycles. The van der Waals surface area contributed by atoms with E-state index in [1.165, 1.54) is 27.4 Å². The van der Waals surface area contributed by atoms with Gasteiger partial charge in [0, 0.05) is 18.9 Å². The predicted octanol–water partition coefficient (Wildman–Crippen LogP) is 1.53. The Balaban J connectivity index is 1.64. The highest BCUT2D eigenvalue weighted by Gasteiger charge is 2.21. The third kappa shape index (κ3) is 4.57. The number of pyridine rings is 1. The van der Waals surface area contributed by atoms with Gasteiger partial charge in [-0.3, -0.25) is 9.52 Å². The van der Waals surface area contributed by atoms with Gasteiger partial charge in [-0.25, -0.2) is 12.9 Å². The maximum absolute atomic E-state index is 12.5. The zero-order chi connectivity index (χ0) is 21.7. The van der Waals surface area contributed by atoms with Crippen LogP contribution < -0.4 is 24.2 Å². The first-order chi connectivity index (χ1) is 14.4. The minimum absolute atomic E-state index is 0.0966. The number of rotatable bonds is 9. The quantitative estimate of drug-likeness (QED) is 0.524. The van der Waals surface area contributed by atoms with E-state index in [0.717, 1.165) is 5.52 Å². The van der Waals surface area contributed by atoms with Gasteiger partial charge in [-0.05, 0) is 30.3 Å². The highest BCUT2D eigenvalue weighted by molar-refractivity contribution is 7.92. The van der Waals surface area contributed by atoms with Gasteiger partial charge in [0.15, 0.2) is 11.5 Å². The van der Waals surface area contributed by atoms with Gasteiger partial charge >= 0.3 is 0 Å². The lowest BCUT2D eigenvalue weighted by Crippen LogP contribution is -2.31. The van der Waals surface area contributed by atoms with Crippen LogP contribution >= 0.6 is 0 Å². The van der Waals surface area contributed by atoms with Gasteiger partial charge < -0.3 is 19.5 Å². The Morgan fingerprint density at radius 3 is 2.53 bits per heavy atom. The fourth-order valence-corrected chi connectivity index (χ4v) is 3.85. The number of methoxy groups -OCH3 is 3. The van der Waals surface area contributed by atoms with Crippen molar-refractivity contribution in [3.8, 4) is 17.2 Å². The van der Waals surface area contributed by atoms with E-state index in [9.17, 15) is 13.2 Å². The maximum atomic E-state index is 12.5. The Bertz CT molecular complexity index is 1160. The van der Waals surface area contributed by atoms with Crippen molar-refractivity contribution in [2.24, 2.45) is 0 Å². The molecule has 0 radical (unpaired) electrons. The molecule has 0 fully saturated rings. The summed E-state index contributed by atoms with van der Waals surface area (Å²) in [4.78, 5) is 12.5. The van der Waals surface area contributed by atoms with E-state index in [1.807, 2.05) is 0 Å². The number of benzene rings is 1. The standard InChI is InChI=1S/C19H22N4O6S/c1-27-16-5-4-15(17(28-2)18(16)29-3)19(24)20-9-11-30(25,26)22-13-7-10-23-14(12-13)6-8-21-23/h4-8,10,12,22H,9,11H2,1-3H3,(H,20,24). The molecule has 3 rings (SSSR count). The molecular weight excluding hydrogens is 412 g/mol. The number of sulfonamides is 1. The molecule has 1 aromatic carbocycles. The van der Waals surface area contributed by atoms with Gasteiger partial charge in [0.05, 0.1) is 43.8 Å². The van der Waals surface area contributed by atoms with Crippen molar-refractivity contribution in [3.63, 3.8) is 0 Å². The molecule has 0 aliphatic rings. The molecule has 0 bridgehead atoms. The first-order valence-corrected chi connectivity index (χ1v) is 10.5. The number of ether oxygens (including phenoxy) is 3. The SMILES string of the molecule is COc1ccc(C(=O)NCCS(=O)(=O)Nc2ccn3nccc3c2)c(OC)c1OC. The molecule has 1 amide bonds. The molecule has 0 saturated carbocycles. The summed E-state index contributed by atoms with van der Waals surface area (Å²) < 4.78 is 44.5. The molecule has 10 nitrogen and oxygen atoms in total. The molecule has 160 valence electrons. The van der Waals surface area contributed by atoms with E-state index in [1.54, 1.807) is 41.2 Å². The van der Waals surface area contributed by atoms with E-state index >= 15 is 0 Å². The molecule has 2 aromatic heterocycles. The van der Waals surface area contributed by atoms with Crippen molar-refractivity contribution in [1.82, 2.24) is 14.9 Å². The molecule has 0 atom stereocenters. The summed E-state index contributed by atoms with van der Waals surface area (Å²) in [5.74, 6) is 0.0804. The van der Waals surface area contributed by atoms with Crippen LogP contribution in [-0.4, -0.2) is 57.6 Å². The molecule has 0 aliphatic heterocycles. The van der Waals surface area contributed by atoms with Gasteiger partial charge in [-0.15, -0.1) is 0 Å². The number of carbonyl (C=O) groups is 1. The van der Waals surface area contributed by atoms with Crippen molar-refractivity contribution in [3.05, 3.63) is 48.3 Å². The fraction of sp³-hybridized carbons (Fsp3) is 0.263. The van der Waals surface area contributed by atoms with Gasteiger partial charge in [0.25, 0.3) is 5.91 Å². The molecule has 0 spiro atoms.